The van der Waals surface area contributed by atoms with Gasteiger partial charge in [-0.25, -0.2) is 0 Å². The molecule has 3 rings (SSSR count). The lowest BCUT2D eigenvalue weighted by Gasteiger charge is -2.19. The molecule has 0 aromatic heterocycles. The molecule has 0 saturated heterocycles. The second-order valence-electron chi connectivity index (χ2n) is 7.10. The van der Waals surface area contributed by atoms with Crippen LogP contribution >= 0.6 is 0 Å². The van der Waals surface area contributed by atoms with Gasteiger partial charge in [-0.3, -0.25) is 14.9 Å². The van der Waals surface area contributed by atoms with Gasteiger partial charge in [0.1, 0.15) is 17.3 Å². The van der Waals surface area contributed by atoms with Gasteiger partial charge in [0.2, 0.25) is 0 Å². The van der Waals surface area contributed by atoms with Gasteiger partial charge in [0.25, 0.3) is 11.6 Å². The maximum Gasteiger partial charge on any atom is 0.416 e. The Kier molecular flexibility index (Phi) is 6.97. The molecule has 0 unspecified atom stereocenters. The number of nitriles is 1. The SMILES string of the molecule is CN(c1ccccc1)c1ccc(/C=C(\C#N)C(=O)Nc2cccc(C(F)(F)F)c2)cc1[N+](=O)[O-]. The van der Waals surface area contributed by atoms with Crippen molar-refractivity contribution in [1.29, 1.82) is 5.26 Å². The highest BCUT2D eigenvalue weighted by Crippen LogP contribution is 2.34. The minimum Gasteiger partial charge on any atom is -0.339 e. The lowest BCUT2D eigenvalue weighted by Crippen LogP contribution is -2.14. The Balaban J connectivity index is 1.90. The van der Waals surface area contributed by atoms with Crippen molar-refractivity contribution in [3.05, 3.63) is 99.6 Å². The normalized spacial score (nSPS) is 11.4. The molecule has 0 heterocycles. The Labute approximate surface area is 192 Å². The maximum absolute atomic E-state index is 12.9. The summed E-state index contributed by atoms with van der Waals surface area (Å²) in [6, 6.07) is 18.8. The zero-order chi connectivity index (χ0) is 24.9. The highest BCUT2D eigenvalue weighted by atomic mass is 19.4. The summed E-state index contributed by atoms with van der Waals surface area (Å²) >= 11 is 0. The average Bonchev–Trinajstić information content (AvgIpc) is 2.82. The number of benzene rings is 3. The van der Waals surface area contributed by atoms with Crippen LogP contribution in [0.15, 0.2) is 78.4 Å². The van der Waals surface area contributed by atoms with Crippen LogP contribution in [0.25, 0.3) is 6.08 Å². The number of para-hydroxylation sites is 1. The van der Waals surface area contributed by atoms with Crippen LogP contribution in [0.5, 0.6) is 0 Å². The Morgan fingerprint density at radius 2 is 1.79 bits per heavy atom. The zero-order valence-corrected chi connectivity index (χ0v) is 17.7. The van der Waals surface area contributed by atoms with Gasteiger partial charge >= 0.3 is 6.18 Å². The molecule has 0 fully saturated rings. The van der Waals surface area contributed by atoms with E-state index in [-0.39, 0.29) is 16.9 Å². The number of nitrogens with zero attached hydrogens (tertiary/aromatic N) is 3. The number of halogens is 3. The van der Waals surface area contributed by atoms with Gasteiger partial charge in [0.05, 0.1) is 10.5 Å². The van der Waals surface area contributed by atoms with Crippen molar-refractivity contribution in [3.8, 4) is 6.07 Å². The van der Waals surface area contributed by atoms with Crippen molar-refractivity contribution in [2.75, 3.05) is 17.3 Å². The van der Waals surface area contributed by atoms with Gasteiger partial charge in [-0.15, -0.1) is 0 Å². The van der Waals surface area contributed by atoms with E-state index in [1.807, 2.05) is 6.07 Å². The van der Waals surface area contributed by atoms with Crippen molar-refractivity contribution in [2.45, 2.75) is 6.18 Å². The quantitative estimate of drug-likeness (QED) is 0.210. The Hall–Kier alpha value is -4.65. The molecule has 3 aromatic carbocycles. The summed E-state index contributed by atoms with van der Waals surface area (Å²) in [5.41, 5.74) is -0.583. The fourth-order valence-corrected chi connectivity index (χ4v) is 3.14. The van der Waals surface area contributed by atoms with Gasteiger partial charge < -0.3 is 10.2 Å². The Bertz CT molecular complexity index is 1300. The maximum atomic E-state index is 12.9. The van der Waals surface area contributed by atoms with Crippen molar-refractivity contribution >= 4 is 34.7 Å². The van der Waals surface area contributed by atoms with Crippen molar-refractivity contribution < 1.29 is 22.9 Å². The first-order chi connectivity index (χ1) is 16.1. The molecule has 0 radical (unpaired) electrons. The topological polar surface area (TPSA) is 99.3 Å². The third kappa shape index (κ3) is 5.58. The van der Waals surface area contributed by atoms with E-state index in [2.05, 4.69) is 5.32 Å². The van der Waals surface area contributed by atoms with E-state index in [9.17, 15) is 33.3 Å². The molecule has 7 nitrogen and oxygen atoms in total. The molecule has 0 saturated carbocycles. The molecule has 34 heavy (non-hydrogen) atoms. The van der Waals surface area contributed by atoms with E-state index in [1.54, 1.807) is 42.3 Å². The number of anilines is 3. The smallest absolute Gasteiger partial charge is 0.339 e. The van der Waals surface area contributed by atoms with E-state index in [0.717, 1.165) is 24.3 Å². The zero-order valence-electron chi connectivity index (χ0n) is 17.7. The first kappa shape index (κ1) is 24.0. The summed E-state index contributed by atoms with van der Waals surface area (Å²) in [7, 11) is 1.66. The van der Waals surface area contributed by atoms with Gasteiger partial charge in [0.15, 0.2) is 0 Å². The minimum atomic E-state index is -4.60. The van der Waals surface area contributed by atoms with Gasteiger partial charge in [-0.2, -0.15) is 18.4 Å². The van der Waals surface area contributed by atoms with Crippen molar-refractivity contribution in [2.24, 2.45) is 0 Å². The first-order valence-electron chi connectivity index (χ1n) is 9.78. The lowest BCUT2D eigenvalue weighted by molar-refractivity contribution is -0.384. The molecule has 10 heteroatoms. The predicted octanol–water partition coefficient (Wildman–Crippen LogP) is 5.93. The predicted molar refractivity (Wildman–Crippen MR) is 121 cm³/mol. The summed E-state index contributed by atoms with van der Waals surface area (Å²) in [6.45, 7) is 0. The molecular weight excluding hydrogens is 449 g/mol. The van der Waals surface area contributed by atoms with E-state index in [1.165, 1.54) is 24.3 Å². The van der Waals surface area contributed by atoms with Gasteiger partial charge in [-0.05, 0) is 48.0 Å². The van der Waals surface area contributed by atoms with Crippen LogP contribution in [0.3, 0.4) is 0 Å². The monoisotopic (exact) mass is 466 g/mol. The fourth-order valence-electron chi connectivity index (χ4n) is 3.14. The molecule has 0 aliphatic carbocycles. The average molecular weight is 466 g/mol. The standard InChI is InChI=1S/C24H17F3N4O3/c1-30(20-8-3-2-4-9-20)21-11-10-16(13-22(21)31(33)34)12-17(15-28)23(32)29-19-7-5-6-18(14-19)24(25,26)27/h2-14H,1H3,(H,29,32)/b17-12+. The molecule has 0 aliphatic rings. The number of rotatable bonds is 6. The van der Waals surface area contributed by atoms with Crippen LogP contribution in [-0.4, -0.2) is 17.9 Å². The third-order valence-corrected chi connectivity index (χ3v) is 4.82. The fraction of sp³-hybridized carbons (Fsp3) is 0.0833. The molecule has 0 spiro atoms. The molecule has 1 N–H and O–H groups in total. The third-order valence-electron chi connectivity index (χ3n) is 4.82. The van der Waals surface area contributed by atoms with E-state index in [4.69, 9.17) is 0 Å². The van der Waals surface area contributed by atoms with Crippen LogP contribution in [0, 0.1) is 21.4 Å². The summed E-state index contributed by atoms with van der Waals surface area (Å²) < 4.78 is 38.7. The second kappa shape index (κ2) is 9.87. The number of alkyl halides is 3. The number of nitro benzene ring substituents is 1. The van der Waals surface area contributed by atoms with E-state index < -0.39 is 28.1 Å². The summed E-state index contributed by atoms with van der Waals surface area (Å²) in [6.07, 6.45) is -3.47. The molecule has 1 amide bonds. The highest BCUT2D eigenvalue weighted by molar-refractivity contribution is 6.09. The minimum absolute atomic E-state index is 0.146. The molecular formula is C24H17F3N4O3. The first-order valence-corrected chi connectivity index (χ1v) is 9.78. The molecule has 172 valence electrons. The molecule has 0 bridgehead atoms. The van der Waals surface area contributed by atoms with E-state index >= 15 is 0 Å². The van der Waals surface area contributed by atoms with Crippen LogP contribution in [-0.2, 0) is 11.0 Å². The summed E-state index contributed by atoms with van der Waals surface area (Å²) in [5.74, 6) is -0.949. The Morgan fingerprint density at radius 1 is 1.09 bits per heavy atom. The van der Waals surface area contributed by atoms with E-state index in [0.29, 0.717) is 11.4 Å². The summed E-state index contributed by atoms with van der Waals surface area (Å²) in [5, 5.41) is 23.3. The second-order valence-corrected chi connectivity index (χ2v) is 7.10. The molecule has 0 aliphatic heterocycles. The van der Waals surface area contributed by atoms with Crippen LogP contribution in [0.1, 0.15) is 11.1 Å². The number of hydrogen-bond acceptors (Lipinski definition) is 5. The van der Waals surface area contributed by atoms with Crippen molar-refractivity contribution in [1.82, 2.24) is 0 Å². The number of hydrogen-bond donors (Lipinski definition) is 1. The number of carbonyl (C=O) groups is 1. The van der Waals surface area contributed by atoms with Crippen LogP contribution < -0.4 is 10.2 Å². The van der Waals surface area contributed by atoms with Gasteiger partial charge in [0, 0.05) is 24.5 Å². The van der Waals surface area contributed by atoms with Crippen molar-refractivity contribution in [3.63, 3.8) is 0 Å². The number of amides is 1. The lowest BCUT2D eigenvalue weighted by atomic mass is 10.1. The van der Waals surface area contributed by atoms with Crippen LogP contribution in [0.2, 0.25) is 0 Å². The largest absolute Gasteiger partial charge is 0.416 e. The molecule has 0 atom stereocenters. The van der Waals surface area contributed by atoms with Gasteiger partial charge in [-0.1, -0.05) is 30.3 Å². The highest BCUT2D eigenvalue weighted by Gasteiger charge is 2.30. The Morgan fingerprint density at radius 3 is 2.41 bits per heavy atom. The summed E-state index contributed by atoms with van der Waals surface area (Å²) in [4.78, 5) is 25.2. The number of nitro groups is 1. The molecule has 3 aromatic rings. The number of carbonyl (C=O) groups excluding carboxylic acids is 1. The number of nitrogens with one attached hydrogen (secondary N) is 1. The van der Waals surface area contributed by atoms with Crippen LogP contribution in [0.4, 0.5) is 35.9 Å².